The second kappa shape index (κ2) is 4.78. The van der Waals surface area contributed by atoms with E-state index in [0.29, 0.717) is 17.8 Å². The highest BCUT2D eigenvalue weighted by atomic mass is 19.3. The molecule has 6 heteroatoms. The van der Waals surface area contributed by atoms with Gasteiger partial charge in [0.15, 0.2) is 6.10 Å². The summed E-state index contributed by atoms with van der Waals surface area (Å²) in [6, 6.07) is 0. The number of halogens is 2. The number of carbonyl (C=O) groups excluding carboxylic acids is 1. The van der Waals surface area contributed by atoms with E-state index in [1.807, 2.05) is 0 Å². The van der Waals surface area contributed by atoms with Crippen LogP contribution in [0.3, 0.4) is 0 Å². The zero-order chi connectivity index (χ0) is 15.4. The van der Waals surface area contributed by atoms with Gasteiger partial charge < -0.3 is 9.84 Å². The smallest absolute Gasteiger partial charge is 0.378 e. The number of carboxylic acid groups (broad SMARTS) is 1. The molecule has 0 aromatic rings. The molecule has 1 N–H and O–H groups in total. The summed E-state index contributed by atoms with van der Waals surface area (Å²) in [6.07, 6.45) is 2.51. The first-order valence-corrected chi connectivity index (χ1v) is 7.31. The molecule has 3 atom stereocenters. The van der Waals surface area contributed by atoms with Crippen molar-refractivity contribution in [3.05, 3.63) is 11.1 Å². The van der Waals surface area contributed by atoms with Gasteiger partial charge in [-0.3, -0.25) is 4.79 Å². The van der Waals surface area contributed by atoms with Crippen molar-refractivity contribution in [2.75, 3.05) is 0 Å². The van der Waals surface area contributed by atoms with Crippen LogP contribution < -0.4 is 0 Å². The molecule has 0 radical (unpaired) electrons. The van der Waals surface area contributed by atoms with Crippen LogP contribution in [0.25, 0.3) is 0 Å². The fourth-order valence-corrected chi connectivity index (χ4v) is 4.16. The molecule has 4 nitrogen and oxygen atoms in total. The van der Waals surface area contributed by atoms with Crippen LogP contribution in [0.2, 0.25) is 0 Å². The number of carboxylic acids is 1. The quantitative estimate of drug-likeness (QED) is 0.626. The first kappa shape index (κ1) is 14.5. The van der Waals surface area contributed by atoms with Crippen LogP contribution in [-0.2, 0) is 14.3 Å². The highest BCUT2D eigenvalue weighted by molar-refractivity contribution is 5.78. The van der Waals surface area contributed by atoms with Gasteiger partial charge in [0.1, 0.15) is 0 Å². The topological polar surface area (TPSA) is 63.6 Å². The summed E-state index contributed by atoms with van der Waals surface area (Å²) in [5, 5.41) is 8.42. The molecule has 5 aliphatic carbocycles. The molecule has 3 fully saturated rings. The Morgan fingerprint density at radius 1 is 1.33 bits per heavy atom. The second-order valence-corrected chi connectivity index (χ2v) is 6.47. The van der Waals surface area contributed by atoms with E-state index in [1.165, 1.54) is 24.8 Å². The van der Waals surface area contributed by atoms with E-state index in [2.05, 4.69) is 4.74 Å². The third kappa shape index (κ3) is 2.34. The number of carbonyl (C=O) groups is 2. The summed E-state index contributed by atoms with van der Waals surface area (Å²) in [7, 11) is 0. The van der Waals surface area contributed by atoms with Crippen LogP contribution in [-0.4, -0.2) is 29.1 Å². The normalized spacial score (nSPS) is 31.7. The van der Waals surface area contributed by atoms with Crippen molar-refractivity contribution in [3.8, 4) is 0 Å². The Kier molecular flexibility index (Phi) is 3.30. The van der Waals surface area contributed by atoms with E-state index in [9.17, 15) is 18.4 Å². The van der Waals surface area contributed by atoms with Gasteiger partial charge in [0.2, 0.25) is 0 Å². The maximum absolute atomic E-state index is 13.2. The van der Waals surface area contributed by atoms with Crippen molar-refractivity contribution in [2.24, 2.45) is 17.8 Å². The van der Waals surface area contributed by atoms with Crippen LogP contribution >= 0.6 is 0 Å². The lowest BCUT2D eigenvalue weighted by Gasteiger charge is -2.54. The maximum atomic E-state index is 13.2. The number of allylic oxidation sites excluding steroid dienone is 1. The molecular weight excluding hydrogens is 282 g/mol. The molecule has 0 aromatic heterocycles. The van der Waals surface area contributed by atoms with E-state index in [1.54, 1.807) is 0 Å². The van der Waals surface area contributed by atoms with Crippen LogP contribution in [0.5, 0.6) is 0 Å². The molecule has 3 saturated carbocycles. The molecule has 5 rings (SSSR count). The maximum Gasteiger partial charge on any atom is 0.378 e. The van der Waals surface area contributed by atoms with Crippen molar-refractivity contribution in [1.82, 2.24) is 0 Å². The summed E-state index contributed by atoms with van der Waals surface area (Å²) in [5.41, 5.74) is 2.40. The fourth-order valence-electron chi connectivity index (χ4n) is 4.16. The molecule has 0 spiro atoms. The Bertz CT molecular complexity index is 512. The number of hydrogen-bond donors (Lipinski definition) is 1. The second-order valence-electron chi connectivity index (χ2n) is 6.47. The van der Waals surface area contributed by atoms with E-state index >= 15 is 0 Å². The Morgan fingerprint density at radius 3 is 2.48 bits per heavy atom. The number of rotatable bonds is 5. The lowest BCUT2D eigenvalue weighted by atomic mass is 9.51. The van der Waals surface area contributed by atoms with Crippen LogP contribution in [0.4, 0.5) is 8.78 Å². The fraction of sp³-hybridized carbons (Fsp3) is 0.733. The van der Waals surface area contributed by atoms with Crippen molar-refractivity contribution in [3.63, 3.8) is 0 Å². The molecule has 3 unspecified atom stereocenters. The van der Waals surface area contributed by atoms with Crippen molar-refractivity contribution in [1.29, 1.82) is 0 Å². The zero-order valence-electron chi connectivity index (χ0n) is 11.8. The van der Waals surface area contributed by atoms with Gasteiger partial charge in [-0.05, 0) is 50.4 Å². The number of fused-ring (bicyclic) bond motifs is 1. The third-order valence-corrected chi connectivity index (χ3v) is 5.09. The molecule has 116 valence electrons. The largest absolute Gasteiger partial charge is 0.477 e. The summed E-state index contributed by atoms with van der Waals surface area (Å²) in [6.45, 7) is 0.911. The van der Waals surface area contributed by atoms with E-state index in [4.69, 9.17) is 5.11 Å². The standard InChI is InChI=1S/C15H18F2O4/c1-7(15(16,17)14(19)20)21-12(18)6-11-4-8-2-9-5-10(3-8)13(9)11/h7-10H,2-6H2,1H3,(H,19,20). The zero-order valence-corrected chi connectivity index (χ0v) is 11.8. The van der Waals surface area contributed by atoms with Crippen LogP contribution in [0, 0.1) is 17.8 Å². The minimum absolute atomic E-state index is 0.0267. The van der Waals surface area contributed by atoms with E-state index in [-0.39, 0.29) is 6.42 Å². The Morgan fingerprint density at radius 2 is 1.95 bits per heavy atom. The van der Waals surface area contributed by atoms with Crippen molar-refractivity contribution in [2.45, 2.75) is 51.1 Å². The van der Waals surface area contributed by atoms with E-state index < -0.39 is 24.0 Å². The molecule has 4 bridgehead atoms. The monoisotopic (exact) mass is 300 g/mol. The molecule has 21 heavy (non-hydrogen) atoms. The number of alkyl halides is 2. The minimum Gasteiger partial charge on any atom is -0.477 e. The summed E-state index contributed by atoms with van der Waals surface area (Å²) in [5.74, 6) is -5.29. The number of hydrogen-bond acceptors (Lipinski definition) is 3. The molecular formula is C15H18F2O4. The van der Waals surface area contributed by atoms with Gasteiger partial charge in [0.05, 0.1) is 6.42 Å². The Balaban J connectivity index is 1.62. The molecule has 0 aromatic carbocycles. The summed E-state index contributed by atoms with van der Waals surface area (Å²) < 4.78 is 31.1. The van der Waals surface area contributed by atoms with Gasteiger partial charge >= 0.3 is 17.9 Å². The Labute approximate surface area is 121 Å². The number of ether oxygens (including phenoxy) is 1. The average Bonchev–Trinajstić information content (AvgIpc) is 2.37. The molecule has 0 heterocycles. The molecule has 0 saturated heterocycles. The van der Waals surface area contributed by atoms with Gasteiger partial charge in [-0.2, -0.15) is 8.78 Å². The van der Waals surface area contributed by atoms with Gasteiger partial charge in [0.25, 0.3) is 0 Å². The Hall–Kier alpha value is -1.46. The lowest BCUT2D eigenvalue weighted by molar-refractivity contribution is -0.190. The van der Waals surface area contributed by atoms with Crippen LogP contribution in [0.1, 0.15) is 39.0 Å². The minimum atomic E-state index is -4.05. The van der Waals surface area contributed by atoms with Gasteiger partial charge in [-0.15, -0.1) is 0 Å². The van der Waals surface area contributed by atoms with Gasteiger partial charge in [-0.1, -0.05) is 11.1 Å². The predicted octanol–water partition coefficient (Wildman–Crippen LogP) is 2.77. The third-order valence-electron chi connectivity index (χ3n) is 5.09. The summed E-state index contributed by atoms with van der Waals surface area (Å²) >= 11 is 0. The highest BCUT2D eigenvalue weighted by Gasteiger charge is 2.49. The SMILES string of the molecule is CC(OC(=O)CC1=C2C3CC(C1)CC2C3)C(F)(F)C(=O)O. The molecule has 0 amide bonds. The predicted molar refractivity (Wildman–Crippen MR) is 68.7 cm³/mol. The van der Waals surface area contributed by atoms with Crippen LogP contribution in [0.15, 0.2) is 11.1 Å². The average molecular weight is 300 g/mol. The van der Waals surface area contributed by atoms with Gasteiger partial charge in [-0.25, -0.2) is 4.79 Å². The van der Waals surface area contributed by atoms with Crippen molar-refractivity contribution >= 4 is 11.9 Å². The first-order chi connectivity index (χ1) is 9.79. The lowest BCUT2D eigenvalue weighted by Crippen LogP contribution is -2.44. The number of esters is 1. The van der Waals surface area contributed by atoms with E-state index in [0.717, 1.165) is 18.9 Å². The highest BCUT2D eigenvalue weighted by Crippen LogP contribution is 2.59. The molecule has 0 aliphatic heterocycles. The first-order valence-electron chi connectivity index (χ1n) is 7.31. The molecule has 5 aliphatic rings. The number of aliphatic carboxylic acids is 1. The van der Waals surface area contributed by atoms with Gasteiger partial charge in [0, 0.05) is 0 Å². The van der Waals surface area contributed by atoms with Crippen molar-refractivity contribution < 1.29 is 28.2 Å². The summed E-state index contributed by atoms with van der Waals surface area (Å²) in [4.78, 5) is 22.2.